The highest BCUT2D eigenvalue weighted by Gasteiger charge is 2.34. The normalized spacial score (nSPS) is 15.1. The van der Waals surface area contributed by atoms with Gasteiger partial charge in [-0.15, -0.1) is 0 Å². The van der Waals surface area contributed by atoms with Gasteiger partial charge in [-0.25, -0.2) is 0 Å². The molecule has 1 atom stereocenters. The summed E-state index contributed by atoms with van der Waals surface area (Å²) >= 11 is 12.1. The molecule has 4 rings (SSSR count). The molecule has 0 bridgehead atoms. The van der Waals surface area contributed by atoms with Crippen LogP contribution >= 0.6 is 23.2 Å². The van der Waals surface area contributed by atoms with Crippen LogP contribution in [-0.4, -0.2) is 42.4 Å². The predicted octanol–water partition coefficient (Wildman–Crippen LogP) is 4.27. The first-order chi connectivity index (χ1) is 15.8. The maximum Gasteiger partial charge on any atom is 0.258 e. The minimum atomic E-state index is -0.346. The minimum Gasteiger partial charge on any atom is -0.493 e. The molecule has 2 aromatic carbocycles. The highest BCUT2D eigenvalue weighted by molar-refractivity contribution is 6.36. The number of ether oxygens (including phenoxy) is 2. The summed E-state index contributed by atoms with van der Waals surface area (Å²) in [5.74, 6) is 0.486. The lowest BCUT2D eigenvalue weighted by atomic mass is 10.0. The molecule has 1 aliphatic heterocycles. The number of carbonyl (C=O) groups excluding carboxylic acids is 2. The largest absolute Gasteiger partial charge is 0.493 e. The number of nitrogens with zero attached hydrogens (tertiary/aromatic N) is 3. The van der Waals surface area contributed by atoms with Crippen LogP contribution in [-0.2, 0) is 7.05 Å². The molecule has 0 spiro atoms. The monoisotopic (exact) mass is 488 g/mol. The van der Waals surface area contributed by atoms with Crippen molar-refractivity contribution in [1.82, 2.24) is 15.1 Å². The molecule has 0 aliphatic carbocycles. The Bertz CT molecular complexity index is 1230. The molecule has 1 N–H and O–H groups in total. The number of methoxy groups -OCH3 is 2. The Hall–Kier alpha value is -3.23. The van der Waals surface area contributed by atoms with Gasteiger partial charge < -0.3 is 19.7 Å². The zero-order valence-electron chi connectivity index (χ0n) is 18.3. The van der Waals surface area contributed by atoms with Gasteiger partial charge in [0, 0.05) is 24.2 Å². The molecule has 0 saturated carbocycles. The number of aryl methyl sites for hydroxylation is 1. The van der Waals surface area contributed by atoms with E-state index in [4.69, 9.17) is 32.7 Å². The predicted molar refractivity (Wildman–Crippen MR) is 126 cm³/mol. The summed E-state index contributed by atoms with van der Waals surface area (Å²) in [4.78, 5) is 27.9. The second-order valence-electron chi connectivity index (χ2n) is 7.50. The number of nitrogens with one attached hydrogen (secondary N) is 1. The molecular weight excluding hydrogens is 467 g/mol. The number of aromatic nitrogens is 2. The lowest BCUT2D eigenvalue weighted by Crippen LogP contribution is -2.41. The average Bonchev–Trinajstić information content (AvgIpc) is 3.20. The Morgan fingerprint density at radius 1 is 1.09 bits per heavy atom. The molecule has 172 valence electrons. The van der Waals surface area contributed by atoms with Gasteiger partial charge in [0.25, 0.3) is 11.8 Å². The highest BCUT2D eigenvalue weighted by atomic mass is 35.5. The summed E-state index contributed by atoms with van der Waals surface area (Å²) in [6, 6.07) is 9.41. The van der Waals surface area contributed by atoms with E-state index in [1.165, 1.54) is 20.3 Å². The molecule has 8 nitrogen and oxygen atoms in total. The number of hydrogen-bond donors (Lipinski definition) is 1. The van der Waals surface area contributed by atoms with Gasteiger partial charge in [-0.1, -0.05) is 23.2 Å². The van der Waals surface area contributed by atoms with E-state index >= 15 is 0 Å². The van der Waals surface area contributed by atoms with Gasteiger partial charge in [0.15, 0.2) is 11.5 Å². The molecule has 1 aliphatic rings. The van der Waals surface area contributed by atoms with E-state index in [0.29, 0.717) is 46.3 Å². The fourth-order valence-corrected chi connectivity index (χ4v) is 4.44. The Labute approximate surface area is 201 Å². The molecule has 2 amide bonds. The van der Waals surface area contributed by atoms with Crippen LogP contribution in [0, 0.1) is 0 Å². The SMILES string of the molecule is COc1ccc(C(=O)N2CCC(NC(=O)c3ccc(Cl)cc3Cl)c3c2cnn3C)cc1OC. The number of benzene rings is 2. The molecular formula is C23H22Cl2N4O4. The fraction of sp³-hybridized carbons (Fsp3) is 0.261. The van der Waals surface area contributed by atoms with Gasteiger partial charge in [0.2, 0.25) is 0 Å². The van der Waals surface area contributed by atoms with Crippen molar-refractivity contribution in [2.24, 2.45) is 7.05 Å². The van der Waals surface area contributed by atoms with Crippen molar-refractivity contribution >= 4 is 40.7 Å². The zero-order chi connectivity index (χ0) is 23.7. The number of hydrogen-bond acceptors (Lipinski definition) is 5. The lowest BCUT2D eigenvalue weighted by Gasteiger charge is -2.32. The van der Waals surface area contributed by atoms with Crippen LogP contribution in [0.2, 0.25) is 10.0 Å². The Balaban J connectivity index is 1.60. The van der Waals surface area contributed by atoms with E-state index in [1.54, 1.807) is 53.2 Å². The summed E-state index contributed by atoms with van der Waals surface area (Å²) in [7, 11) is 4.83. The smallest absolute Gasteiger partial charge is 0.258 e. The van der Waals surface area contributed by atoms with Crippen molar-refractivity contribution in [3.8, 4) is 11.5 Å². The van der Waals surface area contributed by atoms with E-state index in [2.05, 4.69) is 10.4 Å². The summed E-state index contributed by atoms with van der Waals surface area (Å²) in [6.45, 7) is 0.394. The highest BCUT2D eigenvalue weighted by Crippen LogP contribution is 2.36. The standard InChI is InChI=1S/C23H22Cl2N4O4/c1-28-21-17(27-22(30)15-6-5-14(24)11-16(15)25)8-9-29(18(21)12-26-28)23(31)13-4-7-19(32-2)20(10-13)33-3/h4-7,10-12,17H,8-9H2,1-3H3,(H,27,30). The van der Waals surface area contributed by atoms with Gasteiger partial charge in [0.1, 0.15) is 0 Å². The van der Waals surface area contributed by atoms with Crippen molar-refractivity contribution in [2.45, 2.75) is 12.5 Å². The van der Waals surface area contributed by atoms with E-state index in [1.807, 2.05) is 0 Å². The van der Waals surface area contributed by atoms with Gasteiger partial charge in [-0.05, 0) is 42.8 Å². The van der Waals surface area contributed by atoms with Crippen molar-refractivity contribution in [3.63, 3.8) is 0 Å². The van der Waals surface area contributed by atoms with Crippen molar-refractivity contribution in [2.75, 3.05) is 25.7 Å². The van der Waals surface area contributed by atoms with Crippen LogP contribution in [0.3, 0.4) is 0 Å². The zero-order valence-corrected chi connectivity index (χ0v) is 19.8. The van der Waals surface area contributed by atoms with Gasteiger partial charge in [0.05, 0.1) is 48.4 Å². The summed E-state index contributed by atoms with van der Waals surface area (Å²) in [5.41, 5.74) is 2.15. The number of fused-ring (bicyclic) bond motifs is 1. The number of halogens is 2. The summed E-state index contributed by atoms with van der Waals surface area (Å²) < 4.78 is 12.3. The van der Waals surface area contributed by atoms with Gasteiger partial charge in [-0.3, -0.25) is 14.3 Å². The molecule has 3 aromatic rings. The van der Waals surface area contributed by atoms with Crippen LogP contribution in [0.5, 0.6) is 11.5 Å². The third-order valence-corrected chi connectivity index (χ3v) is 6.13. The van der Waals surface area contributed by atoms with E-state index in [-0.39, 0.29) is 22.9 Å². The number of amides is 2. The first kappa shape index (κ1) is 22.9. The number of rotatable bonds is 5. The van der Waals surface area contributed by atoms with Crippen molar-refractivity contribution in [1.29, 1.82) is 0 Å². The Morgan fingerprint density at radius 3 is 2.55 bits per heavy atom. The Morgan fingerprint density at radius 2 is 1.85 bits per heavy atom. The van der Waals surface area contributed by atoms with Crippen molar-refractivity contribution in [3.05, 3.63) is 69.5 Å². The quantitative estimate of drug-likeness (QED) is 0.579. The van der Waals surface area contributed by atoms with Crippen LogP contribution in [0.4, 0.5) is 5.69 Å². The molecule has 33 heavy (non-hydrogen) atoms. The molecule has 0 fully saturated rings. The molecule has 2 heterocycles. The molecule has 1 unspecified atom stereocenters. The van der Waals surface area contributed by atoms with Crippen LogP contribution < -0.4 is 19.7 Å². The molecule has 0 radical (unpaired) electrons. The first-order valence-electron chi connectivity index (χ1n) is 10.2. The molecule has 1 aromatic heterocycles. The molecule has 0 saturated heterocycles. The maximum atomic E-state index is 13.3. The topological polar surface area (TPSA) is 85.7 Å². The van der Waals surface area contributed by atoms with Gasteiger partial charge in [-0.2, -0.15) is 5.10 Å². The third kappa shape index (κ3) is 4.36. The van der Waals surface area contributed by atoms with E-state index in [9.17, 15) is 9.59 Å². The van der Waals surface area contributed by atoms with Crippen LogP contribution in [0.25, 0.3) is 0 Å². The summed E-state index contributed by atoms with van der Waals surface area (Å²) in [5, 5.41) is 8.06. The number of anilines is 1. The maximum absolute atomic E-state index is 13.3. The fourth-order valence-electron chi connectivity index (χ4n) is 3.95. The van der Waals surface area contributed by atoms with Crippen LogP contribution in [0.15, 0.2) is 42.6 Å². The minimum absolute atomic E-state index is 0.198. The second-order valence-corrected chi connectivity index (χ2v) is 8.35. The van der Waals surface area contributed by atoms with E-state index in [0.717, 1.165) is 5.69 Å². The van der Waals surface area contributed by atoms with Crippen molar-refractivity contribution < 1.29 is 19.1 Å². The second kappa shape index (κ2) is 9.33. The Kier molecular flexibility index (Phi) is 6.49. The van der Waals surface area contributed by atoms with E-state index < -0.39 is 0 Å². The summed E-state index contributed by atoms with van der Waals surface area (Å²) in [6.07, 6.45) is 2.13. The van der Waals surface area contributed by atoms with Gasteiger partial charge >= 0.3 is 0 Å². The lowest BCUT2D eigenvalue weighted by molar-refractivity contribution is 0.0931. The molecule has 10 heteroatoms. The van der Waals surface area contributed by atoms with Crippen LogP contribution in [0.1, 0.15) is 38.9 Å². The first-order valence-corrected chi connectivity index (χ1v) is 10.9. The third-order valence-electron chi connectivity index (χ3n) is 5.58. The number of carbonyl (C=O) groups is 2. The average molecular weight is 489 g/mol.